The van der Waals surface area contributed by atoms with Gasteiger partial charge in [-0.05, 0) is 31.5 Å². The first kappa shape index (κ1) is 12.0. The van der Waals surface area contributed by atoms with Gasteiger partial charge in [0.25, 0.3) is 0 Å². The van der Waals surface area contributed by atoms with Gasteiger partial charge in [-0.2, -0.15) is 5.10 Å². The number of halogens is 1. The number of aromatic nitrogens is 2. The van der Waals surface area contributed by atoms with E-state index in [9.17, 15) is 0 Å². The molecule has 0 aliphatic heterocycles. The summed E-state index contributed by atoms with van der Waals surface area (Å²) < 4.78 is 1.93. The molecule has 1 heterocycles. The predicted molar refractivity (Wildman–Crippen MR) is 71.4 cm³/mol. The highest BCUT2D eigenvalue weighted by Crippen LogP contribution is 2.13. The van der Waals surface area contributed by atoms with Gasteiger partial charge in [-0.25, -0.2) is 0 Å². The van der Waals surface area contributed by atoms with Gasteiger partial charge in [-0.1, -0.05) is 23.7 Å². The molecule has 2 rings (SSSR count). The highest BCUT2D eigenvalue weighted by molar-refractivity contribution is 6.30. The van der Waals surface area contributed by atoms with E-state index in [4.69, 9.17) is 11.6 Å². The Bertz CT molecular complexity index is 491. The summed E-state index contributed by atoms with van der Waals surface area (Å²) in [6.07, 6.45) is 1.98. The Hall–Kier alpha value is -1.48. The Balaban J connectivity index is 1.97. The fourth-order valence-corrected chi connectivity index (χ4v) is 1.77. The van der Waals surface area contributed by atoms with Gasteiger partial charge in [0.2, 0.25) is 0 Å². The van der Waals surface area contributed by atoms with Crippen molar-refractivity contribution in [1.82, 2.24) is 9.78 Å². The third-order valence-electron chi connectivity index (χ3n) is 2.50. The van der Waals surface area contributed by atoms with Gasteiger partial charge >= 0.3 is 0 Å². The minimum Gasteiger partial charge on any atom is -0.365 e. The van der Waals surface area contributed by atoms with E-state index in [0.717, 1.165) is 22.9 Å². The lowest BCUT2D eigenvalue weighted by Crippen LogP contribution is -2.04. The number of nitrogens with one attached hydrogen (secondary N) is 1. The lowest BCUT2D eigenvalue weighted by atomic mass is 10.2. The molecular formula is C13H16ClN3. The minimum atomic E-state index is 0.386. The Morgan fingerprint density at radius 2 is 2.18 bits per heavy atom. The molecule has 3 nitrogen and oxygen atoms in total. The molecule has 4 heteroatoms. The quantitative estimate of drug-likeness (QED) is 0.895. The molecule has 0 aliphatic carbocycles. The van der Waals surface area contributed by atoms with Crippen molar-refractivity contribution in [2.75, 3.05) is 5.32 Å². The fourth-order valence-electron chi connectivity index (χ4n) is 1.56. The van der Waals surface area contributed by atoms with Crippen LogP contribution >= 0.6 is 11.6 Å². The maximum atomic E-state index is 5.92. The molecule has 2 aromatic rings. The Morgan fingerprint density at radius 1 is 1.35 bits per heavy atom. The normalized spacial score (nSPS) is 10.8. The van der Waals surface area contributed by atoms with Crippen molar-refractivity contribution in [3.05, 3.63) is 47.1 Å². The van der Waals surface area contributed by atoms with E-state index in [2.05, 4.69) is 24.3 Å². The van der Waals surface area contributed by atoms with Crippen LogP contribution in [0.2, 0.25) is 5.02 Å². The summed E-state index contributed by atoms with van der Waals surface area (Å²) in [6, 6.07) is 10.2. The molecule has 1 aromatic heterocycles. The number of nitrogens with zero attached hydrogens (tertiary/aromatic N) is 2. The van der Waals surface area contributed by atoms with E-state index in [1.165, 1.54) is 0 Å². The molecule has 0 saturated carbocycles. The zero-order valence-electron chi connectivity index (χ0n) is 10.0. The van der Waals surface area contributed by atoms with Crippen LogP contribution in [0.5, 0.6) is 0 Å². The lowest BCUT2D eigenvalue weighted by Gasteiger charge is -2.05. The van der Waals surface area contributed by atoms with Crippen LogP contribution < -0.4 is 5.32 Å². The smallest absolute Gasteiger partial charge is 0.148 e. The number of hydrogen-bond acceptors (Lipinski definition) is 2. The molecule has 0 bridgehead atoms. The monoisotopic (exact) mass is 249 g/mol. The van der Waals surface area contributed by atoms with Gasteiger partial charge in [-0.3, -0.25) is 4.68 Å². The van der Waals surface area contributed by atoms with Crippen LogP contribution in [0.15, 0.2) is 36.5 Å². The first-order valence-corrected chi connectivity index (χ1v) is 6.06. The van der Waals surface area contributed by atoms with Crippen molar-refractivity contribution in [3.8, 4) is 0 Å². The van der Waals surface area contributed by atoms with Crippen LogP contribution in [0, 0.1) is 0 Å². The third-order valence-corrected chi connectivity index (χ3v) is 2.74. The van der Waals surface area contributed by atoms with Crippen molar-refractivity contribution in [1.29, 1.82) is 0 Å². The zero-order chi connectivity index (χ0) is 12.3. The number of hydrogen-bond donors (Lipinski definition) is 1. The van der Waals surface area contributed by atoms with E-state index in [1.807, 2.05) is 41.2 Å². The van der Waals surface area contributed by atoms with Crippen LogP contribution in [0.1, 0.15) is 25.5 Å². The maximum absolute atomic E-state index is 5.92. The van der Waals surface area contributed by atoms with Crippen LogP contribution in [-0.2, 0) is 6.54 Å². The molecule has 0 atom stereocenters. The van der Waals surface area contributed by atoms with Gasteiger partial charge < -0.3 is 5.32 Å². The van der Waals surface area contributed by atoms with Gasteiger partial charge in [0.15, 0.2) is 0 Å². The molecule has 0 spiro atoms. The predicted octanol–water partition coefficient (Wildman–Crippen LogP) is 3.73. The summed E-state index contributed by atoms with van der Waals surface area (Å²) in [5.74, 6) is 0.888. The zero-order valence-corrected chi connectivity index (χ0v) is 10.8. The molecule has 0 radical (unpaired) electrons. The van der Waals surface area contributed by atoms with Gasteiger partial charge in [0, 0.05) is 29.9 Å². The lowest BCUT2D eigenvalue weighted by molar-refractivity contribution is 0.534. The summed E-state index contributed by atoms with van der Waals surface area (Å²) in [4.78, 5) is 0. The number of anilines is 1. The summed E-state index contributed by atoms with van der Waals surface area (Å²) in [5.41, 5.74) is 1.15. The van der Waals surface area contributed by atoms with E-state index < -0.39 is 0 Å². The van der Waals surface area contributed by atoms with Crippen LogP contribution in [0.25, 0.3) is 0 Å². The minimum absolute atomic E-state index is 0.386. The molecule has 90 valence electrons. The summed E-state index contributed by atoms with van der Waals surface area (Å²) in [6.45, 7) is 4.94. The second-order valence-electron chi connectivity index (χ2n) is 4.26. The third kappa shape index (κ3) is 3.24. The highest BCUT2D eigenvalue weighted by Gasteiger charge is 2.01. The maximum Gasteiger partial charge on any atom is 0.148 e. The summed E-state index contributed by atoms with van der Waals surface area (Å²) in [5, 5.41) is 8.45. The second-order valence-corrected chi connectivity index (χ2v) is 4.69. The van der Waals surface area contributed by atoms with E-state index in [1.54, 1.807) is 0 Å². The van der Waals surface area contributed by atoms with Gasteiger partial charge in [0.1, 0.15) is 5.82 Å². The fraction of sp³-hybridized carbons (Fsp3) is 0.308. The Kier molecular flexibility index (Phi) is 3.69. The molecule has 0 amide bonds. The van der Waals surface area contributed by atoms with Crippen LogP contribution in [0.3, 0.4) is 0 Å². The van der Waals surface area contributed by atoms with Gasteiger partial charge in [0.05, 0.1) is 0 Å². The van der Waals surface area contributed by atoms with Crippen molar-refractivity contribution in [3.63, 3.8) is 0 Å². The summed E-state index contributed by atoms with van der Waals surface area (Å²) in [7, 11) is 0. The summed E-state index contributed by atoms with van der Waals surface area (Å²) >= 11 is 5.92. The molecule has 17 heavy (non-hydrogen) atoms. The average Bonchev–Trinajstić information content (AvgIpc) is 2.75. The number of rotatable bonds is 4. The first-order valence-electron chi connectivity index (χ1n) is 5.68. The Morgan fingerprint density at radius 3 is 2.82 bits per heavy atom. The number of benzene rings is 1. The van der Waals surface area contributed by atoms with Crippen LogP contribution in [0.4, 0.5) is 5.82 Å². The topological polar surface area (TPSA) is 29.9 Å². The van der Waals surface area contributed by atoms with Crippen molar-refractivity contribution < 1.29 is 0 Å². The first-order chi connectivity index (χ1) is 8.15. The SMILES string of the molecule is CC(C)n1ccc(NCc2cccc(Cl)c2)n1. The van der Waals surface area contributed by atoms with Crippen molar-refractivity contribution >= 4 is 17.4 Å². The molecule has 1 aromatic carbocycles. The van der Waals surface area contributed by atoms with Crippen molar-refractivity contribution in [2.45, 2.75) is 26.4 Å². The molecule has 0 unspecified atom stereocenters. The van der Waals surface area contributed by atoms with Gasteiger partial charge in [-0.15, -0.1) is 0 Å². The second kappa shape index (κ2) is 5.23. The Labute approximate surface area is 106 Å². The standard InChI is InChI=1S/C13H16ClN3/c1-10(2)17-7-6-13(16-17)15-9-11-4-3-5-12(14)8-11/h3-8,10H,9H2,1-2H3,(H,15,16). The van der Waals surface area contributed by atoms with Crippen molar-refractivity contribution in [2.24, 2.45) is 0 Å². The molecule has 1 N–H and O–H groups in total. The van der Waals surface area contributed by atoms with E-state index >= 15 is 0 Å². The molecule has 0 aliphatic rings. The average molecular weight is 250 g/mol. The van der Waals surface area contributed by atoms with E-state index in [0.29, 0.717) is 6.04 Å². The van der Waals surface area contributed by atoms with E-state index in [-0.39, 0.29) is 0 Å². The molecule has 0 saturated heterocycles. The molecule has 0 fully saturated rings. The highest BCUT2D eigenvalue weighted by atomic mass is 35.5. The van der Waals surface area contributed by atoms with Crippen LogP contribution in [-0.4, -0.2) is 9.78 Å². The molecular weight excluding hydrogens is 234 g/mol. The largest absolute Gasteiger partial charge is 0.365 e.